The first-order chi connectivity index (χ1) is 18.6. The monoisotopic (exact) mass is 649 g/mol. The number of amides is 2. The molecule has 1 aliphatic heterocycles. The van der Waals surface area contributed by atoms with E-state index in [-0.39, 0.29) is 22.7 Å². The van der Waals surface area contributed by atoms with Gasteiger partial charge in [-0.1, -0.05) is 29.3 Å². The van der Waals surface area contributed by atoms with Gasteiger partial charge in [-0.25, -0.2) is 0 Å². The molecule has 1 heterocycles. The summed E-state index contributed by atoms with van der Waals surface area (Å²) in [5.74, 6) is 2.03. The number of ether oxygens (including phenoxy) is 2. The maximum Gasteiger partial charge on any atom is 0.317 e. The van der Waals surface area contributed by atoms with Crippen LogP contribution in [0.3, 0.4) is 0 Å². The Bertz CT molecular complexity index is 1390. The van der Waals surface area contributed by atoms with Crippen LogP contribution in [0.4, 0.5) is 4.79 Å². The molecule has 0 unspecified atom stereocenters. The molecule has 7 rings (SSSR count). The zero-order valence-corrected chi connectivity index (χ0v) is 25.1. The van der Waals surface area contributed by atoms with Crippen molar-refractivity contribution >= 4 is 74.1 Å². The van der Waals surface area contributed by atoms with E-state index in [0.29, 0.717) is 54.9 Å². The molecule has 0 N–H and O–H groups in total. The number of imide groups is 1. The van der Waals surface area contributed by atoms with E-state index in [2.05, 4.69) is 15.9 Å². The lowest BCUT2D eigenvalue weighted by molar-refractivity contribution is -0.161. The summed E-state index contributed by atoms with van der Waals surface area (Å²) >= 11 is 16.5. The van der Waals surface area contributed by atoms with Crippen LogP contribution in [0.15, 0.2) is 39.7 Å². The number of esters is 1. The molecular formula is C29H26BrCl2NO5S. The second-order valence-corrected chi connectivity index (χ2v) is 13.8. The van der Waals surface area contributed by atoms with Crippen LogP contribution < -0.4 is 9.47 Å². The molecule has 0 spiro atoms. The number of thioether (sulfide) groups is 1. The van der Waals surface area contributed by atoms with E-state index in [1.165, 1.54) is 31.3 Å². The van der Waals surface area contributed by atoms with Crippen molar-refractivity contribution in [2.24, 2.45) is 23.2 Å². The van der Waals surface area contributed by atoms with Crippen LogP contribution in [0.25, 0.3) is 6.08 Å². The van der Waals surface area contributed by atoms with Gasteiger partial charge in [-0.05, 0) is 125 Å². The largest absolute Gasteiger partial charge is 0.493 e. The lowest BCUT2D eigenvalue weighted by Gasteiger charge is -2.55. The van der Waals surface area contributed by atoms with E-state index >= 15 is 0 Å². The van der Waals surface area contributed by atoms with Crippen LogP contribution in [0.2, 0.25) is 10.0 Å². The molecule has 4 bridgehead atoms. The Kier molecular flexibility index (Phi) is 7.28. The summed E-state index contributed by atoms with van der Waals surface area (Å²) in [6.07, 6.45) is 8.10. The molecule has 2 aromatic carbocycles. The smallest absolute Gasteiger partial charge is 0.317 e. The summed E-state index contributed by atoms with van der Waals surface area (Å²) in [4.78, 5) is 40.7. The normalized spacial score (nSPS) is 28.5. The van der Waals surface area contributed by atoms with E-state index in [1.807, 2.05) is 0 Å². The number of methoxy groups -OCH3 is 1. The molecule has 5 fully saturated rings. The first kappa shape index (κ1) is 27.2. The van der Waals surface area contributed by atoms with Gasteiger partial charge in [0.15, 0.2) is 11.5 Å². The Labute approximate surface area is 249 Å². The first-order valence-electron chi connectivity index (χ1n) is 12.9. The van der Waals surface area contributed by atoms with Crippen LogP contribution in [0.1, 0.15) is 49.7 Å². The van der Waals surface area contributed by atoms with Crippen LogP contribution >= 0.6 is 50.9 Å². The van der Waals surface area contributed by atoms with Crippen LogP contribution in [-0.2, 0) is 16.1 Å². The Morgan fingerprint density at radius 3 is 2.36 bits per heavy atom. The average molecular weight is 651 g/mol. The lowest BCUT2D eigenvalue weighted by Crippen LogP contribution is -2.51. The van der Waals surface area contributed by atoms with Crippen molar-refractivity contribution in [3.63, 3.8) is 0 Å². The highest BCUT2D eigenvalue weighted by atomic mass is 79.9. The fourth-order valence-electron chi connectivity index (χ4n) is 7.09. The molecule has 4 aliphatic carbocycles. The van der Waals surface area contributed by atoms with Gasteiger partial charge in [-0.15, -0.1) is 0 Å². The minimum absolute atomic E-state index is 0.0884. The molecule has 10 heteroatoms. The summed E-state index contributed by atoms with van der Waals surface area (Å²) in [6.45, 7) is 0.0884. The van der Waals surface area contributed by atoms with E-state index in [0.717, 1.165) is 31.0 Å². The number of carbonyl (C=O) groups excluding carboxylic acids is 3. The van der Waals surface area contributed by atoms with Crippen molar-refractivity contribution < 1.29 is 23.9 Å². The molecule has 0 aromatic heterocycles. The van der Waals surface area contributed by atoms with Gasteiger partial charge in [-0.2, -0.15) is 0 Å². The highest BCUT2D eigenvalue weighted by Crippen LogP contribution is 2.60. The van der Waals surface area contributed by atoms with Crippen LogP contribution in [0, 0.1) is 23.2 Å². The lowest BCUT2D eigenvalue weighted by atomic mass is 9.49. The number of nitrogens with zero attached hydrogens (tertiary/aromatic N) is 1. The number of carbonyl (C=O) groups is 3. The third kappa shape index (κ3) is 5.14. The van der Waals surface area contributed by atoms with Gasteiger partial charge in [0.2, 0.25) is 0 Å². The molecule has 39 heavy (non-hydrogen) atoms. The highest BCUT2D eigenvalue weighted by Gasteiger charge is 2.55. The Morgan fingerprint density at radius 1 is 1.08 bits per heavy atom. The minimum atomic E-state index is -0.400. The number of hydrogen-bond donors (Lipinski definition) is 0. The molecule has 2 aromatic rings. The summed E-state index contributed by atoms with van der Waals surface area (Å²) in [7, 11) is 1.51. The number of halogens is 3. The summed E-state index contributed by atoms with van der Waals surface area (Å²) < 4.78 is 12.2. The van der Waals surface area contributed by atoms with E-state index in [4.69, 9.17) is 32.7 Å². The Morgan fingerprint density at radius 2 is 1.74 bits per heavy atom. The molecule has 0 atom stereocenters. The first-order valence-corrected chi connectivity index (χ1v) is 15.3. The van der Waals surface area contributed by atoms with Gasteiger partial charge in [0.05, 0.1) is 38.5 Å². The predicted octanol–water partition coefficient (Wildman–Crippen LogP) is 8.12. The van der Waals surface area contributed by atoms with Crippen molar-refractivity contribution in [3.8, 4) is 11.5 Å². The standard InChI is InChI=1S/C29H26BrCl2NO5S/c1-37-23-9-16(10-24-26(34)33(28(36)39-24)14-15-2-3-21(31)22(32)8-15)7-20(30)25(23)38-27(35)29-11-17-4-18(12-29)6-19(5-17)13-29/h2-3,7-10,17-19H,4-6,11-14H2,1H3/b24-10-. The van der Waals surface area contributed by atoms with E-state index in [1.54, 1.807) is 36.4 Å². The van der Waals surface area contributed by atoms with Crippen molar-refractivity contribution in [1.29, 1.82) is 0 Å². The van der Waals surface area contributed by atoms with Crippen molar-refractivity contribution in [3.05, 3.63) is 60.9 Å². The maximum atomic E-state index is 13.5. The van der Waals surface area contributed by atoms with Gasteiger partial charge < -0.3 is 9.47 Å². The predicted molar refractivity (Wildman–Crippen MR) is 155 cm³/mol. The van der Waals surface area contributed by atoms with Crippen LogP contribution in [-0.4, -0.2) is 29.1 Å². The van der Waals surface area contributed by atoms with Gasteiger partial charge >= 0.3 is 5.97 Å². The SMILES string of the molecule is COc1cc(/C=C2\SC(=O)N(Cc3ccc(Cl)c(Cl)c3)C2=O)cc(Br)c1OC(=O)C12CC3CC(CC(C3)C1)C2. The van der Waals surface area contributed by atoms with E-state index < -0.39 is 11.3 Å². The minimum Gasteiger partial charge on any atom is -0.493 e. The van der Waals surface area contributed by atoms with Gasteiger partial charge in [0.25, 0.3) is 11.1 Å². The zero-order valence-electron chi connectivity index (χ0n) is 21.2. The molecular weight excluding hydrogens is 625 g/mol. The molecule has 6 nitrogen and oxygen atoms in total. The van der Waals surface area contributed by atoms with Gasteiger partial charge in [0, 0.05) is 0 Å². The third-order valence-electron chi connectivity index (χ3n) is 8.41. The van der Waals surface area contributed by atoms with Crippen LogP contribution in [0.5, 0.6) is 11.5 Å². The number of benzene rings is 2. The average Bonchev–Trinajstić information content (AvgIpc) is 3.13. The van der Waals surface area contributed by atoms with Gasteiger partial charge in [0.1, 0.15) is 0 Å². The molecule has 4 saturated carbocycles. The quantitative estimate of drug-likeness (QED) is 0.179. The second-order valence-electron chi connectivity index (χ2n) is 11.1. The summed E-state index contributed by atoms with van der Waals surface area (Å²) in [5.41, 5.74) is 0.932. The Hall–Kier alpha value is -2.00. The third-order valence-corrected chi connectivity index (χ3v) is 10.6. The molecule has 2 amide bonds. The molecule has 204 valence electrons. The number of hydrogen-bond acceptors (Lipinski definition) is 6. The van der Waals surface area contributed by atoms with Crippen molar-refractivity contribution in [2.75, 3.05) is 7.11 Å². The second kappa shape index (κ2) is 10.4. The zero-order chi connectivity index (χ0) is 27.5. The highest BCUT2D eigenvalue weighted by molar-refractivity contribution is 9.10. The topological polar surface area (TPSA) is 72.9 Å². The van der Waals surface area contributed by atoms with Gasteiger partial charge in [-0.3, -0.25) is 19.3 Å². The summed E-state index contributed by atoms with van der Waals surface area (Å²) in [6, 6.07) is 8.47. The molecule has 0 radical (unpaired) electrons. The molecule has 1 saturated heterocycles. The van der Waals surface area contributed by atoms with Crippen molar-refractivity contribution in [1.82, 2.24) is 4.90 Å². The fourth-order valence-corrected chi connectivity index (χ4v) is 8.79. The Balaban J connectivity index is 1.21. The maximum absolute atomic E-state index is 13.5. The summed E-state index contributed by atoms with van der Waals surface area (Å²) in [5, 5.41) is 0.392. The number of rotatable bonds is 6. The van der Waals surface area contributed by atoms with E-state index in [9.17, 15) is 14.4 Å². The van der Waals surface area contributed by atoms with Crippen molar-refractivity contribution in [2.45, 2.75) is 45.1 Å². The fraction of sp³-hybridized carbons (Fsp3) is 0.414. The molecule has 5 aliphatic rings.